The number of phenols is 1. The first-order valence-corrected chi connectivity index (χ1v) is 11.6. The molecule has 1 atom stereocenters. The second kappa shape index (κ2) is 10.6. The molecule has 2 amide bonds. The van der Waals surface area contributed by atoms with E-state index in [0.717, 1.165) is 42.1 Å². The number of carbonyl (C=O) groups excluding carboxylic acids is 2. The predicted molar refractivity (Wildman–Crippen MR) is 133 cm³/mol. The number of likely N-dealkylation sites (tertiary alicyclic amines) is 1. The van der Waals surface area contributed by atoms with Crippen molar-refractivity contribution in [1.29, 1.82) is 0 Å². The third-order valence-electron chi connectivity index (χ3n) is 6.02. The highest BCUT2D eigenvalue weighted by Gasteiger charge is 2.27. The molecule has 34 heavy (non-hydrogen) atoms. The van der Waals surface area contributed by atoms with Gasteiger partial charge in [0.25, 0.3) is 11.8 Å². The Hall–Kier alpha value is -3.58. The minimum Gasteiger partial charge on any atom is -0.506 e. The van der Waals surface area contributed by atoms with Crippen molar-refractivity contribution >= 4 is 40.4 Å². The number of amides is 2. The molecule has 2 N–H and O–H groups in total. The minimum absolute atomic E-state index is 0.000816. The molecule has 3 aromatic rings. The first-order valence-electron chi connectivity index (χ1n) is 11.2. The van der Waals surface area contributed by atoms with E-state index in [1.54, 1.807) is 12.3 Å². The van der Waals surface area contributed by atoms with Crippen LogP contribution < -0.4 is 10.2 Å². The summed E-state index contributed by atoms with van der Waals surface area (Å²) >= 11 is 5.86. The summed E-state index contributed by atoms with van der Waals surface area (Å²) < 4.78 is 5.92. The summed E-state index contributed by atoms with van der Waals surface area (Å²) in [6.07, 6.45) is 4.60. The summed E-state index contributed by atoms with van der Waals surface area (Å²) in [5.41, 5.74) is 3.52. The largest absolute Gasteiger partial charge is 0.506 e. The molecule has 3 aromatic carbocycles. The smallest absolute Gasteiger partial charge is 0.271 e. The number of benzene rings is 3. The van der Waals surface area contributed by atoms with Crippen LogP contribution in [0, 0.1) is 0 Å². The van der Waals surface area contributed by atoms with Crippen LogP contribution in [-0.2, 0) is 4.79 Å². The minimum atomic E-state index is -0.451. The number of hydrogen-bond donors (Lipinski definition) is 2. The number of phenolic OH excluding ortho intramolecular Hbond substituents is 1. The van der Waals surface area contributed by atoms with Crippen molar-refractivity contribution in [2.75, 3.05) is 13.2 Å². The molecule has 7 nitrogen and oxygen atoms in total. The average molecular weight is 480 g/mol. The van der Waals surface area contributed by atoms with E-state index in [2.05, 4.69) is 17.5 Å². The number of aromatic hydroxyl groups is 1. The standard InChI is InChI=1S/C26H26ClN3O4/c1-2-19-6-5-13-30(19)25(32)16-34-24-12-10-18(20-7-3-4-8-21(20)24)15-28-29-26(33)17-9-11-23(31)22(27)14-17/h3-4,7-12,14-15,19,31H,2,5-6,13,16H2,1H3,(H,29,33)/b28-15-. The molecule has 0 saturated carbocycles. The zero-order valence-electron chi connectivity index (χ0n) is 18.8. The van der Waals surface area contributed by atoms with E-state index < -0.39 is 5.91 Å². The fourth-order valence-electron chi connectivity index (χ4n) is 4.22. The Morgan fingerprint density at radius 1 is 1.21 bits per heavy atom. The molecule has 1 fully saturated rings. The third kappa shape index (κ3) is 5.15. The SMILES string of the molecule is CCC1CCCN1C(=O)COc1ccc(/C=N\NC(=O)c2ccc(O)c(Cl)c2)c2ccccc12. The summed E-state index contributed by atoms with van der Waals surface area (Å²) in [5.74, 6) is 0.0863. The first-order chi connectivity index (χ1) is 16.5. The Morgan fingerprint density at radius 2 is 2.00 bits per heavy atom. The lowest BCUT2D eigenvalue weighted by atomic mass is 10.0. The molecule has 0 radical (unpaired) electrons. The molecule has 1 saturated heterocycles. The maximum atomic E-state index is 12.7. The van der Waals surface area contributed by atoms with E-state index >= 15 is 0 Å². The molecular formula is C26H26ClN3O4. The van der Waals surface area contributed by atoms with Gasteiger partial charge in [0.15, 0.2) is 6.61 Å². The quantitative estimate of drug-likeness (QED) is 0.378. The van der Waals surface area contributed by atoms with Crippen molar-refractivity contribution < 1.29 is 19.4 Å². The molecule has 4 rings (SSSR count). The number of ether oxygens (including phenoxy) is 1. The van der Waals surface area contributed by atoms with Gasteiger partial charge in [0.05, 0.1) is 11.2 Å². The van der Waals surface area contributed by atoms with Gasteiger partial charge in [-0.1, -0.05) is 42.8 Å². The number of nitrogens with zero attached hydrogens (tertiary/aromatic N) is 2. The van der Waals surface area contributed by atoms with Gasteiger partial charge < -0.3 is 14.7 Å². The zero-order valence-corrected chi connectivity index (χ0v) is 19.6. The Labute approximate surface area is 203 Å². The van der Waals surface area contributed by atoms with Crippen LogP contribution in [0.2, 0.25) is 5.02 Å². The average Bonchev–Trinajstić information content (AvgIpc) is 3.34. The second-order valence-electron chi connectivity index (χ2n) is 8.14. The number of fused-ring (bicyclic) bond motifs is 1. The van der Waals surface area contributed by atoms with E-state index in [-0.39, 0.29) is 28.8 Å². The monoisotopic (exact) mass is 479 g/mol. The van der Waals surface area contributed by atoms with E-state index in [4.69, 9.17) is 16.3 Å². The maximum Gasteiger partial charge on any atom is 0.271 e. The Morgan fingerprint density at radius 3 is 2.76 bits per heavy atom. The Kier molecular flexibility index (Phi) is 7.33. The van der Waals surface area contributed by atoms with Gasteiger partial charge in [-0.05, 0) is 55.0 Å². The maximum absolute atomic E-state index is 12.7. The summed E-state index contributed by atoms with van der Waals surface area (Å²) in [6, 6.07) is 15.8. The van der Waals surface area contributed by atoms with E-state index in [9.17, 15) is 14.7 Å². The van der Waals surface area contributed by atoms with Crippen molar-refractivity contribution in [3.05, 3.63) is 70.7 Å². The molecule has 1 aliphatic rings. The van der Waals surface area contributed by atoms with Gasteiger partial charge in [0, 0.05) is 29.1 Å². The Bertz CT molecular complexity index is 1240. The van der Waals surface area contributed by atoms with Crippen LogP contribution in [-0.4, -0.2) is 47.2 Å². The van der Waals surface area contributed by atoms with Crippen molar-refractivity contribution in [2.45, 2.75) is 32.2 Å². The lowest BCUT2D eigenvalue weighted by Crippen LogP contribution is -2.38. The van der Waals surface area contributed by atoms with Crippen LogP contribution in [0.3, 0.4) is 0 Å². The summed E-state index contributed by atoms with van der Waals surface area (Å²) in [7, 11) is 0. The van der Waals surface area contributed by atoms with E-state index in [1.165, 1.54) is 18.2 Å². The number of nitrogens with one attached hydrogen (secondary N) is 1. The Balaban J connectivity index is 1.46. The molecule has 1 unspecified atom stereocenters. The molecule has 176 valence electrons. The van der Waals surface area contributed by atoms with Crippen LogP contribution >= 0.6 is 11.6 Å². The molecule has 0 bridgehead atoms. The molecule has 0 aliphatic carbocycles. The van der Waals surface area contributed by atoms with E-state index in [0.29, 0.717) is 11.8 Å². The van der Waals surface area contributed by atoms with Gasteiger partial charge in [0.2, 0.25) is 0 Å². The summed E-state index contributed by atoms with van der Waals surface area (Å²) in [5, 5.41) is 15.4. The fourth-order valence-corrected chi connectivity index (χ4v) is 4.40. The van der Waals surface area contributed by atoms with Gasteiger partial charge in [-0.15, -0.1) is 0 Å². The number of halogens is 1. The lowest BCUT2D eigenvalue weighted by molar-refractivity contribution is -0.134. The van der Waals surface area contributed by atoms with Crippen molar-refractivity contribution in [1.82, 2.24) is 10.3 Å². The molecule has 8 heteroatoms. The number of hydrazone groups is 1. The molecule has 1 heterocycles. The highest BCUT2D eigenvalue weighted by molar-refractivity contribution is 6.32. The number of carbonyl (C=O) groups is 2. The topological polar surface area (TPSA) is 91.2 Å². The number of rotatable bonds is 7. The molecule has 1 aliphatic heterocycles. The van der Waals surface area contributed by atoms with Crippen LogP contribution in [0.5, 0.6) is 11.5 Å². The van der Waals surface area contributed by atoms with Crippen molar-refractivity contribution in [2.24, 2.45) is 5.10 Å². The first kappa shape index (κ1) is 23.6. The summed E-state index contributed by atoms with van der Waals surface area (Å²) in [6.45, 7) is 2.89. The van der Waals surface area contributed by atoms with Gasteiger partial charge in [-0.3, -0.25) is 9.59 Å². The summed E-state index contributed by atoms with van der Waals surface area (Å²) in [4.78, 5) is 26.9. The zero-order chi connectivity index (χ0) is 24.1. The fraction of sp³-hybridized carbons (Fsp3) is 0.269. The normalized spacial score (nSPS) is 15.7. The predicted octanol–water partition coefficient (Wildman–Crippen LogP) is 4.74. The van der Waals surface area contributed by atoms with Crippen LogP contribution in [0.4, 0.5) is 0 Å². The van der Waals surface area contributed by atoms with Crippen LogP contribution in [0.25, 0.3) is 10.8 Å². The van der Waals surface area contributed by atoms with Crippen molar-refractivity contribution in [3.63, 3.8) is 0 Å². The van der Waals surface area contributed by atoms with E-state index in [1.807, 2.05) is 35.2 Å². The number of hydrogen-bond acceptors (Lipinski definition) is 5. The van der Waals surface area contributed by atoms with Crippen LogP contribution in [0.15, 0.2) is 59.7 Å². The van der Waals surface area contributed by atoms with Gasteiger partial charge >= 0.3 is 0 Å². The van der Waals surface area contributed by atoms with Crippen molar-refractivity contribution in [3.8, 4) is 11.5 Å². The second-order valence-corrected chi connectivity index (χ2v) is 8.55. The highest BCUT2D eigenvalue weighted by Crippen LogP contribution is 2.28. The third-order valence-corrected chi connectivity index (χ3v) is 6.32. The molecular weight excluding hydrogens is 454 g/mol. The lowest BCUT2D eigenvalue weighted by Gasteiger charge is -2.23. The van der Waals surface area contributed by atoms with Crippen LogP contribution in [0.1, 0.15) is 42.1 Å². The van der Waals surface area contributed by atoms with Gasteiger partial charge in [0.1, 0.15) is 11.5 Å². The van der Waals surface area contributed by atoms with Gasteiger partial charge in [-0.2, -0.15) is 5.10 Å². The molecule has 0 spiro atoms. The van der Waals surface area contributed by atoms with Gasteiger partial charge in [-0.25, -0.2) is 5.43 Å². The molecule has 0 aromatic heterocycles. The highest BCUT2D eigenvalue weighted by atomic mass is 35.5.